The summed E-state index contributed by atoms with van der Waals surface area (Å²) in [5, 5.41) is 6.37. The molecule has 0 saturated heterocycles. The molecule has 0 saturated carbocycles. The quantitative estimate of drug-likeness (QED) is 0.688. The minimum absolute atomic E-state index is 0.869. The molecule has 0 spiro atoms. The van der Waals surface area contributed by atoms with Crippen molar-refractivity contribution in [3.8, 4) is 0 Å². The lowest BCUT2D eigenvalue weighted by Gasteiger charge is -2.18. The third-order valence-corrected chi connectivity index (χ3v) is 5.04. The van der Waals surface area contributed by atoms with E-state index in [1.807, 2.05) is 6.08 Å². The average Bonchev–Trinajstić information content (AvgIpc) is 2.47. The molecule has 4 rings (SSSR count). The summed E-state index contributed by atoms with van der Waals surface area (Å²) in [5.74, 6) is 0. The van der Waals surface area contributed by atoms with Gasteiger partial charge in [-0.05, 0) is 71.0 Å². The Morgan fingerprint density at radius 1 is 0.900 bits per heavy atom. The zero-order valence-electron chi connectivity index (χ0n) is 11.7. The molecule has 0 amide bonds. The molecule has 2 aromatic carbocycles. The first-order valence-electron chi connectivity index (χ1n) is 7.35. The van der Waals surface area contributed by atoms with Crippen LogP contribution in [0.5, 0.6) is 0 Å². The van der Waals surface area contributed by atoms with E-state index >= 15 is 0 Å². The lowest BCUT2D eigenvalue weighted by atomic mass is 9.87. The van der Waals surface area contributed by atoms with Crippen LogP contribution in [-0.2, 0) is 12.8 Å². The van der Waals surface area contributed by atoms with Gasteiger partial charge in [0.2, 0.25) is 0 Å². The topological polar surface area (TPSA) is 0 Å². The second-order valence-corrected chi connectivity index (χ2v) is 6.27. The highest BCUT2D eigenvalue weighted by Crippen LogP contribution is 2.25. The van der Waals surface area contributed by atoms with Crippen LogP contribution in [0.1, 0.15) is 30.9 Å². The number of benzene rings is 2. The van der Waals surface area contributed by atoms with Crippen molar-refractivity contribution in [2.75, 3.05) is 0 Å². The van der Waals surface area contributed by atoms with Crippen molar-refractivity contribution in [1.29, 1.82) is 0 Å². The van der Waals surface area contributed by atoms with Gasteiger partial charge < -0.3 is 0 Å². The first-order valence-corrected chi connectivity index (χ1v) is 7.73. The summed E-state index contributed by atoms with van der Waals surface area (Å²) in [6.45, 7) is 2.27. The van der Waals surface area contributed by atoms with Crippen molar-refractivity contribution in [3.05, 3.63) is 58.0 Å². The highest BCUT2D eigenvalue weighted by Gasteiger charge is 2.13. The molecular formula is C19H17Cl. The normalized spacial score (nSPS) is 17.3. The maximum atomic E-state index is 6.34. The Labute approximate surface area is 124 Å². The molecule has 0 radical (unpaired) electrons. The van der Waals surface area contributed by atoms with Gasteiger partial charge >= 0.3 is 0 Å². The van der Waals surface area contributed by atoms with Crippen LogP contribution in [0.25, 0.3) is 21.4 Å². The third-order valence-electron chi connectivity index (χ3n) is 4.71. The van der Waals surface area contributed by atoms with Crippen LogP contribution in [-0.4, -0.2) is 0 Å². The van der Waals surface area contributed by atoms with Crippen LogP contribution in [0.2, 0.25) is 0 Å². The van der Waals surface area contributed by atoms with Crippen molar-refractivity contribution >= 4 is 33.0 Å². The summed E-state index contributed by atoms with van der Waals surface area (Å²) in [6, 6.07) is 9.09. The van der Waals surface area contributed by atoms with E-state index in [0.29, 0.717) is 0 Å². The Morgan fingerprint density at radius 2 is 1.65 bits per heavy atom. The highest BCUT2D eigenvalue weighted by atomic mass is 35.5. The molecule has 20 heavy (non-hydrogen) atoms. The Morgan fingerprint density at radius 3 is 2.50 bits per heavy atom. The predicted molar refractivity (Wildman–Crippen MR) is 87.3 cm³/mol. The van der Waals surface area contributed by atoms with Gasteiger partial charge in [0.1, 0.15) is 0 Å². The summed E-state index contributed by atoms with van der Waals surface area (Å²) in [5.41, 5.74) is 4.47. The molecule has 2 aliphatic rings. The molecule has 0 fully saturated rings. The first kappa shape index (κ1) is 12.2. The molecule has 0 nitrogen and oxygen atoms in total. The minimum Gasteiger partial charge on any atom is -0.0837 e. The van der Waals surface area contributed by atoms with E-state index in [1.54, 1.807) is 5.56 Å². The van der Waals surface area contributed by atoms with E-state index in [4.69, 9.17) is 11.6 Å². The zero-order chi connectivity index (χ0) is 13.7. The maximum absolute atomic E-state index is 6.34. The number of fused-ring (bicyclic) bond motifs is 5. The van der Waals surface area contributed by atoms with Gasteiger partial charge in [0, 0.05) is 5.03 Å². The van der Waals surface area contributed by atoms with Gasteiger partial charge in [0.25, 0.3) is 0 Å². The molecular weight excluding hydrogens is 264 g/mol. The van der Waals surface area contributed by atoms with Crippen LogP contribution in [0.15, 0.2) is 36.4 Å². The summed E-state index contributed by atoms with van der Waals surface area (Å²) >= 11 is 6.34. The Kier molecular flexibility index (Phi) is 2.75. The molecule has 2 aromatic rings. The number of hydrogen-bond acceptors (Lipinski definition) is 0. The van der Waals surface area contributed by atoms with E-state index in [0.717, 1.165) is 11.5 Å². The summed E-state index contributed by atoms with van der Waals surface area (Å²) in [7, 11) is 0. The predicted octanol–water partition coefficient (Wildman–Crippen LogP) is 3.81. The molecule has 0 bridgehead atoms. The largest absolute Gasteiger partial charge is 0.0837 e. The van der Waals surface area contributed by atoms with Crippen molar-refractivity contribution in [3.63, 3.8) is 0 Å². The Bertz CT molecular complexity index is 864. The van der Waals surface area contributed by atoms with E-state index in [-0.39, 0.29) is 0 Å². The fraction of sp³-hybridized carbons (Fsp3) is 0.263. The molecule has 0 N–H and O–H groups in total. The SMILES string of the molecule is CC1=c2ccc3c4c(ccc3c2CCC1)=C(Cl)C=CC4. The minimum atomic E-state index is 0.869. The highest BCUT2D eigenvalue weighted by molar-refractivity contribution is 6.47. The number of aryl methyl sites for hydroxylation is 1. The Hall–Kier alpha value is -1.53. The number of rotatable bonds is 0. The molecule has 0 aromatic heterocycles. The standard InChI is InChI=1S/C19H17Cl/c1-12-4-2-5-14-13(12)8-9-17-15-6-3-7-19(20)18(15)11-10-16(14)17/h3,7-11H,2,4-6H2,1H3. The number of halogens is 1. The van der Waals surface area contributed by atoms with E-state index < -0.39 is 0 Å². The lowest BCUT2D eigenvalue weighted by molar-refractivity contribution is 0.822. The zero-order valence-corrected chi connectivity index (χ0v) is 12.4. The van der Waals surface area contributed by atoms with Gasteiger partial charge in [-0.1, -0.05) is 47.5 Å². The van der Waals surface area contributed by atoms with Gasteiger partial charge in [-0.2, -0.15) is 0 Å². The Balaban J connectivity index is 2.17. The monoisotopic (exact) mass is 280 g/mol. The van der Waals surface area contributed by atoms with E-state index in [9.17, 15) is 0 Å². The van der Waals surface area contributed by atoms with Crippen LogP contribution in [0.4, 0.5) is 0 Å². The molecule has 2 aliphatic carbocycles. The van der Waals surface area contributed by atoms with Crippen LogP contribution in [0, 0.1) is 0 Å². The maximum Gasteiger partial charge on any atom is 0.0478 e. The lowest BCUT2D eigenvalue weighted by Crippen LogP contribution is -2.19. The molecule has 1 heteroatoms. The summed E-state index contributed by atoms with van der Waals surface area (Å²) in [6.07, 6.45) is 8.90. The smallest absolute Gasteiger partial charge is 0.0478 e. The summed E-state index contributed by atoms with van der Waals surface area (Å²) in [4.78, 5) is 0. The van der Waals surface area contributed by atoms with Crippen molar-refractivity contribution in [2.24, 2.45) is 0 Å². The van der Waals surface area contributed by atoms with Gasteiger partial charge in [0.05, 0.1) is 0 Å². The van der Waals surface area contributed by atoms with E-state index in [1.165, 1.54) is 51.6 Å². The second-order valence-electron chi connectivity index (χ2n) is 5.87. The second kappa shape index (κ2) is 4.49. The average molecular weight is 281 g/mol. The van der Waals surface area contributed by atoms with Crippen molar-refractivity contribution < 1.29 is 0 Å². The number of allylic oxidation sites excluding steroid dienone is 2. The number of hydrogen-bond donors (Lipinski definition) is 0. The summed E-state index contributed by atoms with van der Waals surface area (Å²) < 4.78 is 0. The molecule has 0 unspecified atom stereocenters. The van der Waals surface area contributed by atoms with Gasteiger partial charge in [0.15, 0.2) is 0 Å². The molecule has 0 heterocycles. The van der Waals surface area contributed by atoms with Crippen LogP contribution < -0.4 is 10.4 Å². The van der Waals surface area contributed by atoms with Gasteiger partial charge in [-0.25, -0.2) is 0 Å². The fourth-order valence-electron chi connectivity index (χ4n) is 3.68. The van der Waals surface area contributed by atoms with E-state index in [2.05, 4.69) is 37.3 Å². The molecule has 0 aliphatic heterocycles. The van der Waals surface area contributed by atoms with Gasteiger partial charge in [-0.3, -0.25) is 0 Å². The first-order chi connectivity index (χ1) is 9.75. The van der Waals surface area contributed by atoms with Crippen LogP contribution in [0.3, 0.4) is 0 Å². The molecule has 100 valence electrons. The van der Waals surface area contributed by atoms with Crippen molar-refractivity contribution in [1.82, 2.24) is 0 Å². The fourth-order valence-corrected chi connectivity index (χ4v) is 3.94. The van der Waals surface area contributed by atoms with Crippen molar-refractivity contribution in [2.45, 2.75) is 32.6 Å². The van der Waals surface area contributed by atoms with Crippen LogP contribution >= 0.6 is 11.6 Å². The molecule has 0 atom stereocenters. The third kappa shape index (κ3) is 1.68. The van der Waals surface area contributed by atoms with Gasteiger partial charge in [-0.15, -0.1) is 0 Å².